The van der Waals surface area contributed by atoms with Gasteiger partial charge in [0.1, 0.15) is 0 Å². The third-order valence-corrected chi connectivity index (χ3v) is 2.85. The summed E-state index contributed by atoms with van der Waals surface area (Å²) in [5.74, 6) is -0.321. The van der Waals surface area contributed by atoms with Crippen LogP contribution in [0.5, 0.6) is 0 Å². The number of Topliss-reactive ketones (excluding diaryl/α,β-unsaturated/α-hetero) is 1. The number of fused-ring (bicyclic) bond motifs is 1. The SMILES string of the molecule is CC(=O)C(C)NC(=O)c1cccc2ncccc12. The molecule has 0 aliphatic rings. The van der Waals surface area contributed by atoms with Crippen molar-refractivity contribution in [2.24, 2.45) is 0 Å². The smallest absolute Gasteiger partial charge is 0.252 e. The molecule has 1 aromatic carbocycles. The number of carbonyl (C=O) groups is 2. The maximum absolute atomic E-state index is 12.1. The second-order valence-corrected chi connectivity index (χ2v) is 4.18. The second-order valence-electron chi connectivity index (χ2n) is 4.18. The summed E-state index contributed by atoms with van der Waals surface area (Å²) in [7, 11) is 0. The first-order chi connectivity index (χ1) is 8.59. The fourth-order valence-electron chi connectivity index (χ4n) is 1.68. The van der Waals surface area contributed by atoms with Gasteiger partial charge in [0.2, 0.25) is 0 Å². The van der Waals surface area contributed by atoms with Gasteiger partial charge in [-0.05, 0) is 32.0 Å². The van der Waals surface area contributed by atoms with E-state index in [4.69, 9.17) is 0 Å². The molecular weight excluding hydrogens is 228 g/mol. The van der Waals surface area contributed by atoms with E-state index in [1.165, 1.54) is 6.92 Å². The van der Waals surface area contributed by atoms with Gasteiger partial charge in [-0.2, -0.15) is 0 Å². The van der Waals surface area contributed by atoms with E-state index in [1.807, 2.05) is 12.1 Å². The lowest BCUT2D eigenvalue weighted by Gasteiger charge is -2.11. The lowest BCUT2D eigenvalue weighted by Crippen LogP contribution is -2.37. The van der Waals surface area contributed by atoms with Gasteiger partial charge in [-0.15, -0.1) is 0 Å². The van der Waals surface area contributed by atoms with Crippen molar-refractivity contribution in [1.29, 1.82) is 0 Å². The van der Waals surface area contributed by atoms with Crippen molar-refractivity contribution in [2.75, 3.05) is 0 Å². The Kier molecular flexibility index (Phi) is 3.37. The molecule has 0 fully saturated rings. The van der Waals surface area contributed by atoms with Crippen LogP contribution in [0.4, 0.5) is 0 Å². The molecule has 1 heterocycles. The zero-order chi connectivity index (χ0) is 13.1. The molecule has 92 valence electrons. The Balaban J connectivity index is 2.36. The zero-order valence-electron chi connectivity index (χ0n) is 10.3. The van der Waals surface area contributed by atoms with Gasteiger partial charge in [0.05, 0.1) is 11.6 Å². The first-order valence-electron chi connectivity index (χ1n) is 5.74. The molecule has 0 radical (unpaired) electrons. The molecule has 1 unspecified atom stereocenters. The highest BCUT2D eigenvalue weighted by Crippen LogP contribution is 2.16. The molecule has 0 saturated carbocycles. The normalized spacial score (nSPS) is 12.1. The number of nitrogens with zero attached hydrogens (tertiary/aromatic N) is 1. The minimum Gasteiger partial charge on any atom is -0.343 e. The number of ketones is 1. The predicted molar refractivity (Wildman–Crippen MR) is 69.4 cm³/mol. The number of aromatic nitrogens is 1. The fourth-order valence-corrected chi connectivity index (χ4v) is 1.68. The molecule has 1 aromatic heterocycles. The maximum atomic E-state index is 12.1. The Morgan fingerprint density at radius 2 is 2.00 bits per heavy atom. The molecule has 2 aromatic rings. The fraction of sp³-hybridized carbons (Fsp3) is 0.214. The summed E-state index contributed by atoms with van der Waals surface area (Å²) in [6.45, 7) is 3.12. The molecule has 0 bridgehead atoms. The lowest BCUT2D eigenvalue weighted by molar-refractivity contribution is -0.118. The number of hydrogen-bond donors (Lipinski definition) is 1. The van der Waals surface area contributed by atoms with E-state index in [1.54, 1.807) is 31.3 Å². The van der Waals surface area contributed by atoms with Crippen molar-refractivity contribution < 1.29 is 9.59 Å². The standard InChI is InChI=1S/C14H14N2O2/c1-9(10(2)17)16-14(18)12-5-3-7-13-11(12)6-4-8-15-13/h3-9H,1-2H3,(H,16,18). The molecule has 0 aliphatic carbocycles. The summed E-state index contributed by atoms with van der Waals surface area (Å²) in [6, 6.07) is 8.50. The van der Waals surface area contributed by atoms with Gasteiger partial charge in [0, 0.05) is 17.1 Å². The van der Waals surface area contributed by atoms with Crippen LogP contribution in [-0.2, 0) is 4.79 Å². The molecule has 2 rings (SSSR count). The van der Waals surface area contributed by atoms with Crippen LogP contribution in [0.2, 0.25) is 0 Å². The third-order valence-electron chi connectivity index (χ3n) is 2.85. The summed E-state index contributed by atoms with van der Waals surface area (Å²) in [5.41, 5.74) is 1.30. The monoisotopic (exact) mass is 242 g/mol. The van der Waals surface area contributed by atoms with Gasteiger partial charge in [0.15, 0.2) is 5.78 Å². The van der Waals surface area contributed by atoms with Gasteiger partial charge < -0.3 is 5.32 Å². The van der Waals surface area contributed by atoms with Gasteiger partial charge >= 0.3 is 0 Å². The molecule has 0 spiro atoms. The third kappa shape index (κ3) is 2.37. The van der Waals surface area contributed by atoms with E-state index in [2.05, 4.69) is 10.3 Å². The Bertz CT molecular complexity index is 602. The van der Waals surface area contributed by atoms with E-state index in [9.17, 15) is 9.59 Å². The molecule has 1 N–H and O–H groups in total. The van der Waals surface area contributed by atoms with Gasteiger partial charge in [-0.25, -0.2) is 0 Å². The number of amides is 1. The van der Waals surface area contributed by atoms with Crippen LogP contribution in [0.25, 0.3) is 10.9 Å². The average molecular weight is 242 g/mol. The summed E-state index contributed by atoms with van der Waals surface area (Å²) >= 11 is 0. The van der Waals surface area contributed by atoms with Gasteiger partial charge in [0.25, 0.3) is 5.91 Å². The summed E-state index contributed by atoms with van der Waals surface area (Å²) < 4.78 is 0. The Morgan fingerprint density at radius 1 is 1.22 bits per heavy atom. The van der Waals surface area contributed by atoms with Gasteiger partial charge in [-0.1, -0.05) is 12.1 Å². The second kappa shape index (κ2) is 4.96. The molecule has 0 aliphatic heterocycles. The number of nitrogens with one attached hydrogen (secondary N) is 1. The molecule has 4 nitrogen and oxygen atoms in total. The van der Waals surface area contributed by atoms with Gasteiger partial charge in [-0.3, -0.25) is 14.6 Å². The highest BCUT2D eigenvalue weighted by atomic mass is 16.2. The minimum atomic E-state index is -0.482. The van der Waals surface area contributed by atoms with E-state index in [0.29, 0.717) is 5.56 Å². The number of carbonyl (C=O) groups excluding carboxylic acids is 2. The van der Waals surface area contributed by atoms with Crippen LogP contribution in [0.3, 0.4) is 0 Å². The van der Waals surface area contributed by atoms with Crippen molar-refractivity contribution in [3.63, 3.8) is 0 Å². The topological polar surface area (TPSA) is 59.1 Å². The molecule has 0 saturated heterocycles. The van der Waals surface area contributed by atoms with E-state index < -0.39 is 6.04 Å². The summed E-state index contributed by atoms with van der Waals surface area (Å²) in [5, 5.41) is 3.46. The number of pyridine rings is 1. The molecule has 4 heteroatoms. The highest BCUT2D eigenvalue weighted by Gasteiger charge is 2.14. The number of hydrogen-bond acceptors (Lipinski definition) is 3. The number of rotatable bonds is 3. The lowest BCUT2D eigenvalue weighted by atomic mass is 10.1. The Morgan fingerprint density at radius 3 is 2.72 bits per heavy atom. The zero-order valence-corrected chi connectivity index (χ0v) is 10.3. The van der Waals surface area contributed by atoms with Crippen LogP contribution in [0, 0.1) is 0 Å². The quantitative estimate of drug-likeness (QED) is 0.894. The Labute approximate surface area is 105 Å². The number of benzene rings is 1. The van der Waals surface area contributed by atoms with Crippen LogP contribution < -0.4 is 5.32 Å². The summed E-state index contributed by atoms with van der Waals surface area (Å²) in [4.78, 5) is 27.4. The molecule has 1 amide bonds. The maximum Gasteiger partial charge on any atom is 0.252 e. The minimum absolute atomic E-state index is 0.0679. The molecular formula is C14H14N2O2. The Hall–Kier alpha value is -2.23. The average Bonchev–Trinajstić information content (AvgIpc) is 2.37. The largest absolute Gasteiger partial charge is 0.343 e. The molecule has 1 atom stereocenters. The van der Waals surface area contributed by atoms with Crippen molar-refractivity contribution >= 4 is 22.6 Å². The van der Waals surface area contributed by atoms with E-state index in [0.717, 1.165) is 10.9 Å². The first-order valence-corrected chi connectivity index (χ1v) is 5.74. The van der Waals surface area contributed by atoms with Crippen LogP contribution in [0.15, 0.2) is 36.5 Å². The summed E-state index contributed by atoms with van der Waals surface area (Å²) in [6.07, 6.45) is 1.68. The van der Waals surface area contributed by atoms with Crippen LogP contribution >= 0.6 is 0 Å². The van der Waals surface area contributed by atoms with Crippen molar-refractivity contribution in [3.05, 3.63) is 42.1 Å². The van der Waals surface area contributed by atoms with Crippen molar-refractivity contribution in [3.8, 4) is 0 Å². The van der Waals surface area contributed by atoms with E-state index in [-0.39, 0.29) is 11.7 Å². The predicted octanol–water partition coefficient (Wildman–Crippen LogP) is 1.94. The first kappa shape index (κ1) is 12.2. The van der Waals surface area contributed by atoms with Crippen molar-refractivity contribution in [1.82, 2.24) is 10.3 Å². The van der Waals surface area contributed by atoms with Crippen LogP contribution in [-0.4, -0.2) is 22.7 Å². The highest BCUT2D eigenvalue weighted by molar-refractivity contribution is 6.07. The van der Waals surface area contributed by atoms with Crippen molar-refractivity contribution in [2.45, 2.75) is 19.9 Å². The molecule has 18 heavy (non-hydrogen) atoms. The van der Waals surface area contributed by atoms with Crippen LogP contribution in [0.1, 0.15) is 24.2 Å². The van der Waals surface area contributed by atoms with E-state index >= 15 is 0 Å².